The number of nitrogen functional groups attached to an aromatic ring is 1. The smallest absolute Gasteiger partial charge is 0.263 e. The molecular formula is C39H40ClN11O5S. The van der Waals surface area contributed by atoms with E-state index >= 15 is 0 Å². The van der Waals surface area contributed by atoms with Gasteiger partial charge in [0, 0.05) is 30.6 Å². The molecule has 0 fully saturated rings. The number of fused-ring (bicyclic) bond motifs is 2. The van der Waals surface area contributed by atoms with E-state index in [1.165, 1.54) is 19.2 Å². The summed E-state index contributed by atoms with van der Waals surface area (Å²) in [6, 6.07) is 21.7. The highest BCUT2D eigenvalue weighted by molar-refractivity contribution is 7.92. The number of pyridine rings is 1. The number of sulfonamides is 1. The molecule has 0 saturated heterocycles. The van der Waals surface area contributed by atoms with Crippen LogP contribution in [0.15, 0.2) is 94.7 Å². The lowest BCUT2D eigenvalue weighted by Gasteiger charge is -2.17. The third kappa shape index (κ3) is 9.01. The molecule has 0 amide bonds. The summed E-state index contributed by atoms with van der Waals surface area (Å²) in [6.45, 7) is 7.47. The number of H-pyrrole nitrogens is 1. The molecule has 16 nitrogen and oxygen atoms in total. The van der Waals surface area contributed by atoms with Gasteiger partial charge in [-0.05, 0) is 81.8 Å². The van der Waals surface area contributed by atoms with E-state index < -0.39 is 15.6 Å². The number of nitrogens with zero attached hydrogens (tertiary/aromatic N) is 6. The lowest BCUT2D eigenvalue weighted by atomic mass is 9.95. The SMILES string of the molecule is CCn1c(=O)c(-c2ccn[nH]2)cc2c(C)nc(N)nc21.COc1ccc(Cl)c(Nc2nc3ccccc3nc2NS(=O)(=O)c2cccc(CC(=O)C(C)(C)N)c2)c1. The number of carbonyl (C=O) groups is 1. The fourth-order valence-electron chi connectivity index (χ4n) is 5.74. The van der Waals surface area contributed by atoms with Gasteiger partial charge in [0.1, 0.15) is 11.4 Å². The summed E-state index contributed by atoms with van der Waals surface area (Å²) in [6.07, 6.45) is 1.62. The Bertz CT molecular complexity index is 2790. The van der Waals surface area contributed by atoms with Crippen LogP contribution in [0.3, 0.4) is 0 Å². The summed E-state index contributed by atoms with van der Waals surface area (Å²) in [5.74, 6) is 0.633. The molecule has 0 bridgehead atoms. The van der Waals surface area contributed by atoms with Gasteiger partial charge in [-0.25, -0.2) is 23.4 Å². The predicted octanol–water partition coefficient (Wildman–Crippen LogP) is 5.78. The number of halogens is 1. The van der Waals surface area contributed by atoms with E-state index in [1.54, 1.807) is 91.3 Å². The van der Waals surface area contributed by atoms with Crippen LogP contribution in [0, 0.1) is 6.92 Å². The highest BCUT2D eigenvalue weighted by atomic mass is 35.5. The number of anilines is 4. The maximum absolute atomic E-state index is 13.4. The first-order chi connectivity index (χ1) is 27.1. The highest BCUT2D eigenvalue weighted by Crippen LogP contribution is 2.33. The number of benzene rings is 3. The summed E-state index contributed by atoms with van der Waals surface area (Å²) in [5.41, 5.74) is 15.0. The van der Waals surface area contributed by atoms with Crippen molar-refractivity contribution in [1.29, 1.82) is 0 Å². The topological polar surface area (TPSA) is 239 Å². The van der Waals surface area contributed by atoms with E-state index in [9.17, 15) is 18.0 Å². The van der Waals surface area contributed by atoms with Crippen LogP contribution in [0.1, 0.15) is 32.0 Å². The lowest BCUT2D eigenvalue weighted by molar-refractivity contribution is -0.122. The summed E-state index contributed by atoms with van der Waals surface area (Å²) < 4.78 is 36.2. The van der Waals surface area contributed by atoms with Crippen LogP contribution in [0.2, 0.25) is 5.02 Å². The molecule has 0 aliphatic carbocycles. The van der Waals surface area contributed by atoms with Gasteiger partial charge in [-0.3, -0.25) is 24.0 Å². The molecule has 7 N–H and O–H groups in total. The van der Waals surface area contributed by atoms with Gasteiger partial charge >= 0.3 is 0 Å². The van der Waals surface area contributed by atoms with E-state index in [0.717, 1.165) is 11.1 Å². The zero-order valence-corrected chi connectivity index (χ0v) is 33.2. The molecular weight excluding hydrogens is 770 g/mol. The largest absolute Gasteiger partial charge is 0.497 e. The first-order valence-electron chi connectivity index (χ1n) is 17.6. The summed E-state index contributed by atoms with van der Waals surface area (Å²) in [7, 11) is -2.58. The number of ketones is 1. The minimum Gasteiger partial charge on any atom is -0.497 e. The van der Waals surface area contributed by atoms with Crippen molar-refractivity contribution < 1.29 is 17.9 Å². The second-order valence-electron chi connectivity index (χ2n) is 13.4. The Balaban J connectivity index is 0.000000230. The third-order valence-electron chi connectivity index (χ3n) is 8.78. The van der Waals surface area contributed by atoms with Crippen LogP contribution in [0.5, 0.6) is 5.75 Å². The van der Waals surface area contributed by atoms with Crippen molar-refractivity contribution in [2.24, 2.45) is 5.73 Å². The number of carbonyl (C=O) groups excluding carboxylic acids is 1. The number of rotatable bonds is 11. The maximum atomic E-state index is 13.4. The van der Waals surface area contributed by atoms with Crippen molar-refractivity contribution in [2.45, 2.75) is 51.1 Å². The fraction of sp³-hybridized carbons (Fsp3) is 0.205. The first-order valence-corrected chi connectivity index (χ1v) is 19.4. The molecule has 57 heavy (non-hydrogen) atoms. The molecule has 0 unspecified atom stereocenters. The molecule has 4 aromatic heterocycles. The number of Topliss-reactive ketones (excluding diaryl/α,β-unsaturated/α-hetero) is 1. The van der Waals surface area contributed by atoms with Gasteiger partial charge in [0.2, 0.25) is 5.95 Å². The number of hydrogen-bond donors (Lipinski definition) is 5. The van der Waals surface area contributed by atoms with E-state index in [0.29, 0.717) is 56.5 Å². The number of methoxy groups -OCH3 is 1. The van der Waals surface area contributed by atoms with Crippen molar-refractivity contribution in [3.8, 4) is 17.0 Å². The zero-order valence-electron chi connectivity index (χ0n) is 31.7. The van der Waals surface area contributed by atoms with E-state index in [1.807, 2.05) is 13.8 Å². The van der Waals surface area contributed by atoms with Gasteiger partial charge in [-0.15, -0.1) is 0 Å². The Morgan fingerprint density at radius 1 is 0.965 bits per heavy atom. The molecule has 0 aliphatic rings. The number of hydrogen-bond acceptors (Lipinski definition) is 13. The Labute approximate surface area is 332 Å². The van der Waals surface area contributed by atoms with Gasteiger partial charge < -0.3 is 21.5 Å². The number of aryl methyl sites for hydroxylation is 2. The van der Waals surface area contributed by atoms with E-state index in [4.69, 9.17) is 27.8 Å². The van der Waals surface area contributed by atoms with Crippen molar-refractivity contribution in [2.75, 3.05) is 22.9 Å². The lowest BCUT2D eigenvalue weighted by Crippen LogP contribution is -2.42. The standard InChI is InChI=1S/C26H26ClN5O4S.C13H14N6O/c1-26(2,28)23(33)14-16-7-6-8-18(13-16)37(34,35)32-25-24(29-20-9-4-5-10-21(20)30-25)31-22-15-17(36-3)11-12-19(22)27;1-3-19-11-8(7(2)16-13(14)17-11)6-9(12(19)20)10-4-5-15-18-10/h4-13,15H,14,28H2,1-3H3,(H,29,31)(H,30,32);4-6H,3H2,1-2H3,(H,15,18)(H2,14,16,17). The average Bonchev–Trinajstić information content (AvgIpc) is 3.71. The van der Waals surface area contributed by atoms with Crippen molar-refractivity contribution >= 4 is 72.7 Å². The van der Waals surface area contributed by atoms with E-state index in [-0.39, 0.29) is 40.2 Å². The van der Waals surface area contributed by atoms with E-state index in [2.05, 4.69) is 40.2 Å². The normalized spacial score (nSPS) is 11.6. The minimum atomic E-state index is -4.11. The van der Waals surface area contributed by atoms with Crippen LogP contribution in [-0.2, 0) is 27.8 Å². The molecule has 0 saturated carbocycles. The number of aromatic amines is 1. The molecule has 3 aromatic carbocycles. The second kappa shape index (κ2) is 16.4. The van der Waals surface area contributed by atoms with Crippen molar-refractivity contribution in [1.82, 2.24) is 34.7 Å². The molecule has 18 heteroatoms. The van der Waals surface area contributed by atoms with Crippen LogP contribution in [0.25, 0.3) is 33.3 Å². The number of nitrogens with one attached hydrogen (secondary N) is 3. The van der Waals surface area contributed by atoms with Gasteiger partial charge in [0.05, 0.1) is 56.2 Å². The Morgan fingerprint density at radius 2 is 1.68 bits per heavy atom. The molecule has 0 aliphatic heterocycles. The summed E-state index contributed by atoms with van der Waals surface area (Å²) in [5, 5.41) is 11.0. The highest BCUT2D eigenvalue weighted by Gasteiger charge is 2.24. The number of ether oxygens (including phenoxy) is 1. The minimum absolute atomic E-state index is 0.00375. The third-order valence-corrected chi connectivity index (χ3v) is 10.4. The summed E-state index contributed by atoms with van der Waals surface area (Å²) in [4.78, 5) is 42.3. The van der Waals surface area contributed by atoms with Gasteiger partial charge in [-0.1, -0.05) is 35.9 Å². The molecule has 4 heterocycles. The second-order valence-corrected chi connectivity index (χ2v) is 15.5. The molecule has 7 aromatic rings. The van der Waals surface area contributed by atoms with Gasteiger partial charge in [0.15, 0.2) is 17.4 Å². The van der Waals surface area contributed by atoms with Crippen LogP contribution >= 0.6 is 11.6 Å². The van der Waals surface area contributed by atoms with Gasteiger partial charge in [0.25, 0.3) is 15.6 Å². The Kier molecular flexibility index (Phi) is 11.5. The zero-order chi connectivity index (χ0) is 41.1. The van der Waals surface area contributed by atoms with Crippen LogP contribution < -0.4 is 31.8 Å². The van der Waals surface area contributed by atoms with Crippen LogP contribution in [0.4, 0.5) is 23.3 Å². The molecule has 0 spiro atoms. The Morgan fingerprint density at radius 3 is 2.33 bits per heavy atom. The Hall–Kier alpha value is -6.43. The quantitative estimate of drug-likeness (QED) is 0.104. The predicted molar refractivity (Wildman–Crippen MR) is 221 cm³/mol. The van der Waals surface area contributed by atoms with Crippen molar-refractivity contribution in [3.63, 3.8) is 0 Å². The number of nitrogens with two attached hydrogens (primary N) is 2. The molecule has 294 valence electrons. The molecule has 7 rings (SSSR count). The maximum Gasteiger partial charge on any atom is 0.263 e. The monoisotopic (exact) mass is 809 g/mol. The fourth-order valence-corrected chi connectivity index (χ4v) is 6.98. The van der Waals surface area contributed by atoms with Gasteiger partial charge in [-0.2, -0.15) is 10.1 Å². The van der Waals surface area contributed by atoms with Crippen LogP contribution in [-0.4, -0.2) is 61.6 Å². The van der Waals surface area contributed by atoms with Crippen molar-refractivity contribution in [3.05, 3.63) is 112 Å². The first kappa shape index (κ1) is 40.2. The summed E-state index contributed by atoms with van der Waals surface area (Å²) >= 11 is 6.35. The molecule has 0 radical (unpaired) electrons. The molecule has 0 atom stereocenters. The number of para-hydroxylation sites is 2. The average molecular weight is 810 g/mol. The number of aromatic nitrogens is 7.